The van der Waals surface area contributed by atoms with E-state index in [1.165, 1.54) is 17.0 Å². The summed E-state index contributed by atoms with van der Waals surface area (Å²) in [6, 6.07) is 14.1. The van der Waals surface area contributed by atoms with Crippen molar-refractivity contribution in [3.05, 3.63) is 71.7 Å². The standard InChI is InChI=1S/C34H42FN5O5/c1-7-40(32(42)45-33(2,3)4)28-18-23(35)17-27-30(28)38-31(41)34(27,5)39-16-8-9-25(20-39)37-24-12-15-29(36-19-24)44-21-22-10-13-26(43-6)14-11-22/h10-15,17-19,25,37H,7-9,16,20-21H2,1-6H3,(H,38,41)/t25-,34?/m1/s1. The van der Waals surface area contributed by atoms with Gasteiger partial charge in [-0.05, 0) is 89.9 Å². The van der Waals surface area contributed by atoms with Gasteiger partial charge in [0.1, 0.15) is 29.3 Å². The summed E-state index contributed by atoms with van der Waals surface area (Å²) in [6.45, 7) is 10.8. The van der Waals surface area contributed by atoms with Crippen molar-refractivity contribution in [3.8, 4) is 11.6 Å². The molecule has 2 N–H and O–H groups in total. The summed E-state index contributed by atoms with van der Waals surface area (Å²) in [7, 11) is 1.63. The monoisotopic (exact) mass is 619 g/mol. The van der Waals surface area contributed by atoms with E-state index in [-0.39, 0.29) is 24.2 Å². The highest BCUT2D eigenvalue weighted by Gasteiger charge is 2.50. The summed E-state index contributed by atoms with van der Waals surface area (Å²) in [5.41, 5.74) is 1.21. The number of anilines is 3. The number of fused-ring (bicyclic) bond motifs is 1. The lowest BCUT2D eigenvalue weighted by atomic mass is 9.88. The molecule has 2 aliphatic heterocycles. The number of pyridine rings is 1. The Labute approximate surface area is 263 Å². The SMILES string of the molecule is CCN(C(=O)OC(C)(C)C)c1cc(F)cc2c1NC(=O)C2(C)N1CCC[C@@H](Nc2ccc(OCc3ccc(OC)cc3)nc2)C1. The summed E-state index contributed by atoms with van der Waals surface area (Å²) >= 11 is 0. The Morgan fingerprint density at radius 1 is 1.20 bits per heavy atom. The summed E-state index contributed by atoms with van der Waals surface area (Å²) in [6.07, 6.45) is 2.87. The summed E-state index contributed by atoms with van der Waals surface area (Å²) < 4.78 is 31.8. The van der Waals surface area contributed by atoms with Crippen molar-refractivity contribution in [1.82, 2.24) is 9.88 Å². The number of benzene rings is 2. The first-order valence-electron chi connectivity index (χ1n) is 15.3. The fourth-order valence-corrected chi connectivity index (χ4v) is 5.87. The van der Waals surface area contributed by atoms with Crippen LogP contribution in [0.15, 0.2) is 54.7 Å². The topological polar surface area (TPSA) is 105 Å². The van der Waals surface area contributed by atoms with Crippen molar-refractivity contribution in [2.45, 2.75) is 71.2 Å². The molecule has 45 heavy (non-hydrogen) atoms. The molecule has 2 amide bonds. The number of nitrogens with one attached hydrogen (secondary N) is 2. The van der Waals surface area contributed by atoms with Crippen LogP contribution in [0.2, 0.25) is 0 Å². The van der Waals surface area contributed by atoms with Crippen LogP contribution in [0.5, 0.6) is 11.6 Å². The minimum Gasteiger partial charge on any atom is -0.497 e. The molecule has 3 heterocycles. The molecule has 2 aliphatic rings. The van der Waals surface area contributed by atoms with Crippen molar-refractivity contribution in [1.29, 1.82) is 0 Å². The van der Waals surface area contributed by atoms with Crippen molar-refractivity contribution in [3.63, 3.8) is 0 Å². The zero-order chi connectivity index (χ0) is 32.4. The Morgan fingerprint density at radius 3 is 2.60 bits per heavy atom. The van der Waals surface area contributed by atoms with E-state index in [2.05, 4.69) is 20.5 Å². The number of halogens is 1. The zero-order valence-corrected chi connectivity index (χ0v) is 26.8. The molecule has 240 valence electrons. The number of nitrogens with zero attached hydrogens (tertiary/aromatic N) is 3. The van der Waals surface area contributed by atoms with Gasteiger partial charge >= 0.3 is 6.09 Å². The molecule has 0 bridgehead atoms. The number of methoxy groups -OCH3 is 1. The number of piperidine rings is 1. The third-order valence-corrected chi connectivity index (χ3v) is 8.22. The molecule has 10 nitrogen and oxygen atoms in total. The van der Waals surface area contributed by atoms with Gasteiger partial charge in [0.2, 0.25) is 11.8 Å². The predicted molar refractivity (Wildman–Crippen MR) is 171 cm³/mol. The number of likely N-dealkylation sites (tertiary alicyclic amines) is 1. The lowest BCUT2D eigenvalue weighted by Gasteiger charge is -2.42. The molecular formula is C34H42FN5O5. The fourth-order valence-electron chi connectivity index (χ4n) is 5.87. The number of ether oxygens (including phenoxy) is 3. The first kappa shape index (κ1) is 32.0. The van der Waals surface area contributed by atoms with Gasteiger partial charge in [-0.2, -0.15) is 0 Å². The molecule has 1 saturated heterocycles. The van der Waals surface area contributed by atoms with E-state index in [4.69, 9.17) is 14.2 Å². The van der Waals surface area contributed by atoms with Crippen LogP contribution in [-0.4, -0.2) is 60.3 Å². The molecule has 1 fully saturated rings. The van der Waals surface area contributed by atoms with Crippen molar-refractivity contribution < 1.29 is 28.2 Å². The maximum absolute atomic E-state index is 15.2. The van der Waals surface area contributed by atoms with Gasteiger partial charge < -0.3 is 24.8 Å². The number of aromatic nitrogens is 1. The van der Waals surface area contributed by atoms with E-state index in [0.29, 0.717) is 36.8 Å². The molecule has 2 atom stereocenters. The van der Waals surface area contributed by atoms with Gasteiger partial charge in [-0.1, -0.05) is 12.1 Å². The fraction of sp³-hybridized carbons (Fsp3) is 0.441. The third-order valence-electron chi connectivity index (χ3n) is 8.22. The lowest BCUT2D eigenvalue weighted by Crippen LogP contribution is -2.55. The molecule has 0 saturated carbocycles. The molecule has 0 spiro atoms. The van der Waals surface area contributed by atoms with Crippen LogP contribution in [0.1, 0.15) is 58.6 Å². The second kappa shape index (κ2) is 12.9. The Morgan fingerprint density at radius 2 is 1.96 bits per heavy atom. The van der Waals surface area contributed by atoms with E-state index < -0.39 is 23.1 Å². The number of hydrogen-bond donors (Lipinski definition) is 2. The number of amides is 2. The highest BCUT2D eigenvalue weighted by Crippen LogP contribution is 2.46. The van der Waals surface area contributed by atoms with Gasteiger partial charge in [-0.15, -0.1) is 0 Å². The molecule has 3 aromatic rings. The van der Waals surface area contributed by atoms with Gasteiger partial charge in [-0.3, -0.25) is 14.6 Å². The molecule has 0 aliphatic carbocycles. The largest absolute Gasteiger partial charge is 0.497 e. The van der Waals surface area contributed by atoms with Crippen molar-refractivity contribution in [2.24, 2.45) is 0 Å². The third kappa shape index (κ3) is 6.98. The lowest BCUT2D eigenvalue weighted by molar-refractivity contribution is -0.127. The summed E-state index contributed by atoms with van der Waals surface area (Å²) in [4.78, 5) is 34.6. The van der Waals surface area contributed by atoms with E-state index >= 15 is 4.39 Å². The second-order valence-electron chi connectivity index (χ2n) is 12.5. The van der Waals surface area contributed by atoms with Crippen LogP contribution in [0, 0.1) is 5.82 Å². The second-order valence-corrected chi connectivity index (χ2v) is 12.5. The maximum atomic E-state index is 15.2. The van der Waals surface area contributed by atoms with Crippen molar-refractivity contribution in [2.75, 3.05) is 42.3 Å². The van der Waals surface area contributed by atoms with Crippen molar-refractivity contribution >= 4 is 29.1 Å². The average Bonchev–Trinajstić information content (AvgIpc) is 3.27. The Balaban J connectivity index is 1.29. The maximum Gasteiger partial charge on any atom is 0.414 e. The number of carbonyl (C=O) groups excluding carboxylic acids is 2. The first-order chi connectivity index (χ1) is 21.4. The molecular weight excluding hydrogens is 577 g/mol. The van der Waals surface area contributed by atoms with E-state index in [1.807, 2.05) is 43.3 Å². The van der Waals surface area contributed by atoms with Crippen LogP contribution in [0.25, 0.3) is 0 Å². The highest BCUT2D eigenvalue weighted by atomic mass is 19.1. The van der Waals surface area contributed by atoms with Gasteiger partial charge in [0.25, 0.3) is 0 Å². The minimum atomic E-state index is -1.13. The number of rotatable bonds is 9. The van der Waals surface area contributed by atoms with Crippen LogP contribution in [0.3, 0.4) is 0 Å². The van der Waals surface area contributed by atoms with Gasteiger partial charge in [0.15, 0.2) is 0 Å². The van der Waals surface area contributed by atoms with E-state index in [1.54, 1.807) is 41.0 Å². The van der Waals surface area contributed by atoms with Crippen LogP contribution in [-0.2, 0) is 21.7 Å². The summed E-state index contributed by atoms with van der Waals surface area (Å²) in [5.74, 6) is 0.517. The molecule has 11 heteroatoms. The Kier molecular flexibility index (Phi) is 9.20. The minimum absolute atomic E-state index is 0.0298. The molecule has 0 radical (unpaired) electrons. The average molecular weight is 620 g/mol. The zero-order valence-electron chi connectivity index (χ0n) is 26.8. The van der Waals surface area contributed by atoms with E-state index in [9.17, 15) is 9.59 Å². The Bertz CT molecular complexity index is 1530. The number of carbonyl (C=O) groups is 2. The molecule has 2 aromatic carbocycles. The van der Waals surface area contributed by atoms with Gasteiger partial charge in [0.05, 0.1) is 30.4 Å². The first-order valence-corrected chi connectivity index (χ1v) is 15.3. The molecule has 1 unspecified atom stereocenters. The van der Waals surface area contributed by atoms with Crippen LogP contribution >= 0.6 is 0 Å². The quantitative estimate of drug-likeness (QED) is 0.287. The summed E-state index contributed by atoms with van der Waals surface area (Å²) in [5, 5.41) is 6.51. The van der Waals surface area contributed by atoms with Gasteiger partial charge in [0, 0.05) is 30.8 Å². The predicted octanol–water partition coefficient (Wildman–Crippen LogP) is 6.31. The molecule has 5 rings (SSSR count). The van der Waals surface area contributed by atoms with Crippen LogP contribution in [0.4, 0.5) is 26.2 Å². The highest BCUT2D eigenvalue weighted by molar-refractivity contribution is 6.10. The Hall–Kier alpha value is -4.38. The van der Waals surface area contributed by atoms with Crippen LogP contribution < -0.4 is 25.0 Å². The number of hydrogen-bond acceptors (Lipinski definition) is 8. The smallest absolute Gasteiger partial charge is 0.414 e. The molecule has 1 aromatic heterocycles. The van der Waals surface area contributed by atoms with E-state index in [0.717, 1.165) is 29.8 Å². The van der Waals surface area contributed by atoms with Gasteiger partial charge in [-0.25, -0.2) is 14.2 Å². The normalized spacial score (nSPS) is 19.8.